The standard InChI is InChI=1S/C49H52N5O7P/c1-35(2)54(36(3)4)62(60-33-13-31-50)61-45(37-18-24-42(25-19-37)53-32-30-46(52-48(53)56)51-47(55)38-14-9-7-10-15-38)34-59-49(39-16-11-8-12-17-39,40-20-26-43(57-5)27-21-40)41-22-28-44(58-6)29-23-41/h7-12,14-30,32,35-36,45H,13,33-34H2,1-6H3,(H,51,52,55,56)/t45-,62?/m1/s1. The third-order valence-electron chi connectivity index (χ3n) is 10.1. The molecule has 5 aromatic carbocycles. The Morgan fingerprint density at radius 1 is 0.774 bits per heavy atom. The first-order valence-electron chi connectivity index (χ1n) is 20.4. The Labute approximate surface area is 364 Å². The quantitative estimate of drug-likeness (QED) is 0.0449. The van der Waals surface area contributed by atoms with Gasteiger partial charge in [0.05, 0.1) is 45.6 Å². The average molecular weight is 854 g/mol. The second-order valence-corrected chi connectivity index (χ2v) is 16.2. The van der Waals surface area contributed by atoms with Crippen LogP contribution >= 0.6 is 8.53 Å². The molecular weight excluding hydrogens is 802 g/mol. The lowest BCUT2D eigenvalue weighted by molar-refractivity contribution is -0.0352. The number of carbonyl (C=O) groups is 1. The fourth-order valence-electron chi connectivity index (χ4n) is 7.16. The summed E-state index contributed by atoms with van der Waals surface area (Å²) in [5.74, 6) is 1.18. The molecule has 0 fully saturated rings. The van der Waals surface area contributed by atoms with Gasteiger partial charge in [-0.15, -0.1) is 0 Å². The lowest BCUT2D eigenvalue weighted by atomic mass is 9.80. The molecule has 0 aliphatic carbocycles. The minimum atomic E-state index is -1.72. The molecule has 6 aromatic rings. The average Bonchev–Trinajstić information content (AvgIpc) is 3.29. The number of amides is 1. The van der Waals surface area contributed by atoms with E-state index in [1.165, 1.54) is 4.57 Å². The number of aromatic nitrogens is 2. The summed E-state index contributed by atoms with van der Waals surface area (Å²) in [6, 6.07) is 45.7. The van der Waals surface area contributed by atoms with Gasteiger partial charge in [-0.1, -0.05) is 84.9 Å². The van der Waals surface area contributed by atoms with Crippen LogP contribution in [0.25, 0.3) is 5.69 Å². The summed E-state index contributed by atoms with van der Waals surface area (Å²) in [5, 5.41) is 12.1. The third-order valence-corrected chi connectivity index (χ3v) is 12.3. The molecule has 0 spiro atoms. The van der Waals surface area contributed by atoms with Crippen LogP contribution in [0.4, 0.5) is 5.82 Å². The van der Waals surface area contributed by atoms with Gasteiger partial charge in [0.2, 0.25) is 0 Å². The van der Waals surface area contributed by atoms with Gasteiger partial charge in [-0.2, -0.15) is 10.2 Å². The SMILES string of the molecule is COc1ccc(C(OC[C@@H](OP(OCCC#N)N(C(C)C)C(C)C)c2ccc(-n3ccc(NC(=O)c4ccccc4)nc3=O)cc2)(c2ccccc2)c2ccc(OC)cc2)cc1. The van der Waals surface area contributed by atoms with Gasteiger partial charge >= 0.3 is 5.69 Å². The van der Waals surface area contributed by atoms with Gasteiger partial charge in [-0.05, 0) is 105 Å². The minimum absolute atomic E-state index is 0.0497. The van der Waals surface area contributed by atoms with Gasteiger partial charge < -0.3 is 28.6 Å². The van der Waals surface area contributed by atoms with E-state index in [2.05, 4.69) is 48.7 Å². The maximum Gasteiger partial charge on any atom is 0.354 e. The van der Waals surface area contributed by atoms with Crippen LogP contribution in [0.1, 0.15) is 72.8 Å². The topological polar surface area (TPSA) is 137 Å². The van der Waals surface area contributed by atoms with Crippen molar-refractivity contribution in [3.63, 3.8) is 0 Å². The zero-order valence-electron chi connectivity index (χ0n) is 35.8. The van der Waals surface area contributed by atoms with Crippen molar-refractivity contribution in [2.75, 3.05) is 32.8 Å². The number of methoxy groups -OCH3 is 2. The van der Waals surface area contributed by atoms with Crippen LogP contribution < -0.4 is 20.5 Å². The number of nitrogens with one attached hydrogen (secondary N) is 1. The Morgan fingerprint density at radius 3 is 1.84 bits per heavy atom. The van der Waals surface area contributed by atoms with Gasteiger partial charge in [0, 0.05) is 23.8 Å². The molecule has 2 atom stereocenters. The number of hydrogen-bond donors (Lipinski definition) is 1. The summed E-state index contributed by atoms with van der Waals surface area (Å²) >= 11 is 0. The predicted octanol–water partition coefficient (Wildman–Crippen LogP) is 9.84. The smallest absolute Gasteiger partial charge is 0.354 e. The van der Waals surface area contributed by atoms with Gasteiger partial charge in [-0.25, -0.2) is 9.46 Å². The summed E-state index contributed by atoms with van der Waals surface area (Å²) in [5.41, 5.74) is 2.67. The number of ether oxygens (including phenoxy) is 3. The summed E-state index contributed by atoms with van der Waals surface area (Å²) in [7, 11) is 1.55. The molecule has 6 rings (SSSR count). The summed E-state index contributed by atoms with van der Waals surface area (Å²) in [4.78, 5) is 30.2. The molecule has 1 unspecified atom stereocenters. The zero-order valence-corrected chi connectivity index (χ0v) is 36.7. The maximum atomic E-state index is 13.3. The summed E-state index contributed by atoms with van der Waals surface area (Å²) in [6.45, 7) is 8.59. The number of rotatable bonds is 20. The van der Waals surface area contributed by atoms with E-state index in [4.69, 9.17) is 23.3 Å². The summed E-state index contributed by atoms with van der Waals surface area (Å²) in [6.07, 6.45) is 1.07. The second kappa shape index (κ2) is 21.6. The van der Waals surface area contributed by atoms with Gasteiger partial charge in [0.15, 0.2) is 0 Å². The highest BCUT2D eigenvalue weighted by atomic mass is 31.2. The summed E-state index contributed by atoms with van der Waals surface area (Å²) < 4.78 is 35.5. The first-order valence-corrected chi connectivity index (χ1v) is 21.5. The lowest BCUT2D eigenvalue weighted by Gasteiger charge is -2.39. The molecular formula is C49H52N5O7P. The molecule has 0 aliphatic heterocycles. The molecule has 1 aromatic heterocycles. The van der Waals surface area contributed by atoms with E-state index >= 15 is 0 Å². The van der Waals surface area contributed by atoms with Crippen molar-refractivity contribution in [3.8, 4) is 23.3 Å². The van der Waals surface area contributed by atoms with E-state index in [9.17, 15) is 14.9 Å². The van der Waals surface area contributed by atoms with Crippen LogP contribution in [0.15, 0.2) is 151 Å². The Hall–Kier alpha value is -6.19. The Balaban J connectivity index is 1.41. The predicted molar refractivity (Wildman–Crippen MR) is 242 cm³/mol. The zero-order chi connectivity index (χ0) is 44.1. The molecule has 1 amide bonds. The van der Waals surface area contributed by atoms with Crippen molar-refractivity contribution in [2.45, 2.75) is 57.9 Å². The number of anilines is 1. The van der Waals surface area contributed by atoms with E-state index in [1.54, 1.807) is 50.7 Å². The third kappa shape index (κ3) is 10.8. The van der Waals surface area contributed by atoms with Crippen molar-refractivity contribution in [1.82, 2.24) is 14.2 Å². The number of benzene rings is 5. The molecule has 1 heterocycles. The van der Waals surface area contributed by atoms with Crippen molar-refractivity contribution >= 4 is 20.3 Å². The highest BCUT2D eigenvalue weighted by Crippen LogP contribution is 2.51. The van der Waals surface area contributed by atoms with E-state index in [0.717, 1.165) is 22.3 Å². The Kier molecular flexibility index (Phi) is 15.8. The van der Waals surface area contributed by atoms with Gasteiger partial charge in [-0.3, -0.25) is 9.36 Å². The number of nitriles is 1. The number of hydrogen-bond acceptors (Lipinski definition) is 10. The highest BCUT2D eigenvalue weighted by molar-refractivity contribution is 7.44. The van der Waals surface area contributed by atoms with Gasteiger partial charge in [0.25, 0.3) is 14.4 Å². The van der Waals surface area contributed by atoms with E-state index in [0.29, 0.717) is 22.7 Å². The van der Waals surface area contributed by atoms with E-state index in [-0.39, 0.29) is 43.4 Å². The van der Waals surface area contributed by atoms with Crippen molar-refractivity contribution in [3.05, 3.63) is 184 Å². The molecule has 13 heteroatoms. The second-order valence-electron chi connectivity index (χ2n) is 14.8. The van der Waals surface area contributed by atoms with Crippen LogP contribution in [0.2, 0.25) is 0 Å². The van der Waals surface area contributed by atoms with E-state index in [1.807, 2.05) is 109 Å². The minimum Gasteiger partial charge on any atom is -0.497 e. The van der Waals surface area contributed by atoms with Crippen LogP contribution in [0.5, 0.6) is 11.5 Å². The van der Waals surface area contributed by atoms with Crippen molar-refractivity contribution < 1.29 is 28.1 Å². The van der Waals surface area contributed by atoms with Crippen LogP contribution in [-0.4, -0.2) is 59.6 Å². The van der Waals surface area contributed by atoms with Crippen LogP contribution in [0, 0.1) is 11.3 Å². The van der Waals surface area contributed by atoms with Gasteiger partial charge in [0.1, 0.15) is 29.0 Å². The molecule has 12 nitrogen and oxygen atoms in total. The Bertz CT molecular complexity index is 2390. The molecule has 0 radical (unpaired) electrons. The lowest BCUT2D eigenvalue weighted by Crippen LogP contribution is -2.36. The normalized spacial score (nSPS) is 12.5. The Morgan fingerprint density at radius 2 is 1.32 bits per heavy atom. The van der Waals surface area contributed by atoms with Crippen molar-refractivity contribution in [1.29, 1.82) is 5.26 Å². The van der Waals surface area contributed by atoms with Crippen LogP contribution in [-0.2, 0) is 19.4 Å². The van der Waals surface area contributed by atoms with Crippen molar-refractivity contribution in [2.24, 2.45) is 0 Å². The first-order chi connectivity index (χ1) is 30.1. The molecule has 1 N–H and O–H groups in total. The first kappa shape index (κ1) is 45.3. The maximum absolute atomic E-state index is 13.3. The van der Waals surface area contributed by atoms with E-state index < -0.39 is 25.9 Å². The highest BCUT2D eigenvalue weighted by Gasteiger charge is 2.40. The molecule has 0 saturated heterocycles. The fourth-order valence-corrected chi connectivity index (χ4v) is 8.87. The largest absolute Gasteiger partial charge is 0.497 e. The number of carbonyl (C=O) groups excluding carboxylic acids is 1. The molecule has 62 heavy (non-hydrogen) atoms. The fraction of sp³-hybridized carbons (Fsp3) is 0.265. The molecule has 0 saturated carbocycles. The molecule has 320 valence electrons. The number of nitrogens with zero attached hydrogens (tertiary/aromatic N) is 4. The van der Waals surface area contributed by atoms with Crippen LogP contribution in [0.3, 0.4) is 0 Å². The molecule has 0 bridgehead atoms. The monoisotopic (exact) mass is 853 g/mol. The molecule has 0 aliphatic rings.